The first-order valence-corrected chi connectivity index (χ1v) is 13.8. The van der Waals surface area contributed by atoms with Crippen molar-refractivity contribution in [3.63, 3.8) is 0 Å². The van der Waals surface area contributed by atoms with Gasteiger partial charge in [-0.3, -0.25) is 20.2 Å². The summed E-state index contributed by atoms with van der Waals surface area (Å²) in [5.74, 6) is 0.223. The van der Waals surface area contributed by atoms with Crippen LogP contribution >= 0.6 is 0 Å². The van der Waals surface area contributed by atoms with Gasteiger partial charge < -0.3 is 37.5 Å². The third-order valence-corrected chi connectivity index (χ3v) is 6.40. The van der Waals surface area contributed by atoms with Gasteiger partial charge in [0.05, 0.1) is 26.7 Å². The number of rotatable bonds is 17. The van der Waals surface area contributed by atoms with Crippen LogP contribution in [0.5, 0.6) is 0 Å². The quantitative estimate of drug-likeness (QED) is 0.0840. The lowest BCUT2D eigenvalue weighted by molar-refractivity contribution is -0.910. The molecular weight excluding hydrogens is 550 g/mol. The Kier molecular flexibility index (Phi) is 16.0. The van der Waals surface area contributed by atoms with Gasteiger partial charge in [0.25, 0.3) is 11.1 Å². The van der Waals surface area contributed by atoms with Gasteiger partial charge in [-0.1, -0.05) is 12.5 Å². The van der Waals surface area contributed by atoms with Crippen molar-refractivity contribution in [3.05, 3.63) is 56.9 Å². The number of aryl methyl sites for hydroxylation is 2. The van der Waals surface area contributed by atoms with Crippen molar-refractivity contribution in [2.75, 3.05) is 50.4 Å². The molecule has 228 valence electrons. The van der Waals surface area contributed by atoms with Crippen LogP contribution in [0.3, 0.4) is 0 Å². The number of nitrogens with one attached hydrogen (secondary N) is 6. The molecular formula is C27H44ClN9O4. The zero-order valence-electron chi connectivity index (χ0n) is 24.3. The highest BCUT2D eigenvalue weighted by atomic mass is 35.5. The van der Waals surface area contributed by atoms with Crippen molar-refractivity contribution in [2.45, 2.75) is 58.8 Å². The summed E-state index contributed by atoms with van der Waals surface area (Å²) in [5.41, 5.74) is 0.388. The number of urea groups is 2. The molecule has 0 aliphatic rings. The van der Waals surface area contributed by atoms with Crippen molar-refractivity contribution < 1.29 is 26.5 Å². The molecule has 0 radical (unpaired) electrons. The molecule has 0 spiro atoms. The predicted octanol–water partition coefficient (Wildman–Crippen LogP) is -0.219. The van der Waals surface area contributed by atoms with E-state index in [1.165, 1.54) is 18.6 Å². The molecule has 0 aliphatic carbocycles. The number of unbranched alkanes of at least 4 members (excludes halogenated alkanes) is 4. The Morgan fingerprint density at radius 2 is 1.24 bits per heavy atom. The van der Waals surface area contributed by atoms with E-state index in [1.54, 1.807) is 13.8 Å². The summed E-state index contributed by atoms with van der Waals surface area (Å²) in [6.45, 7) is 10.9. The molecule has 2 aromatic rings. The molecule has 0 unspecified atom stereocenters. The van der Waals surface area contributed by atoms with Crippen LogP contribution in [-0.2, 0) is 0 Å². The molecule has 2 rings (SSSR count). The van der Waals surface area contributed by atoms with E-state index in [9.17, 15) is 19.2 Å². The third-order valence-electron chi connectivity index (χ3n) is 6.40. The van der Waals surface area contributed by atoms with Crippen LogP contribution in [0, 0.1) is 13.8 Å². The van der Waals surface area contributed by atoms with Gasteiger partial charge in [-0.2, -0.15) is 9.97 Å². The van der Waals surface area contributed by atoms with Crippen LogP contribution in [0.4, 0.5) is 21.5 Å². The van der Waals surface area contributed by atoms with Gasteiger partial charge in [-0.05, 0) is 39.5 Å². The SMILES string of the molecule is C=CCCCCCC[N+](C)(CCCNC(=O)Nc1nc(=O)cc(C)[nH]1)CCCNC(=O)Nc1nc(=O)cc(C)[nH]1.[Cl-]. The van der Waals surface area contributed by atoms with Gasteiger partial charge >= 0.3 is 12.1 Å². The fourth-order valence-corrected chi connectivity index (χ4v) is 4.38. The van der Waals surface area contributed by atoms with Gasteiger partial charge in [-0.15, -0.1) is 6.58 Å². The number of anilines is 2. The summed E-state index contributed by atoms with van der Waals surface area (Å²) < 4.78 is 0.813. The first kappa shape index (κ1) is 35.3. The molecule has 0 bridgehead atoms. The highest BCUT2D eigenvalue weighted by Crippen LogP contribution is 2.11. The van der Waals surface area contributed by atoms with Gasteiger partial charge in [0.15, 0.2) is 0 Å². The Labute approximate surface area is 247 Å². The fraction of sp³-hybridized carbons (Fsp3) is 0.556. The maximum atomic E-state index is 12.2. The highest BCUT2D eigenvalue weighted by Gasteiger charge is 2.21. The number of carbonyl (C=O) groups is 2. The lowest BCUT2D eigenvalue weighted by Crippen LogP contribution is -3.00. The van der Waals surface area contributed by atoms with E-state index in [4.69, 9.17) is 0 Å². The molecule has 0 saturated heterocycles. The summed E-state index contributed by atoms with van der Waals surface area (Å²) in [5, 5.41) is 10.8. The molecule has 0 fully saturated rings. The average molecular weight is 594 g/mol. The van der Waals surface area contributed by atoms with Crippen molar-refractivity contribution in [1.82, 2.24) is 30.6 Å². The molecule has 41 heavy (non-hydrogen) atoms. The summed E-state index contributed by atoms with van der Waals surface area (Å²) in [6, 6.07) is 1.86. The van der Waals surface area contributed by atoms with Crippen LogP contribution in [0.2, 0.25) is 0 Å². The van der Waals surface area contributed by atoms with Crippen LogP contribution in [-0.4, -0.2) is 76.3 Å². The Morgan fingerprint density at radius 1 is 0.805 bits per heavy atom. The van der Waals surface area contributed by atoms with E-state index >= 15 is 0 Å². The molecule has 2 aromatic heterocycles. The Hall–Kier alpha value is -3.71. The maximum absolute atomic E-state index is 12.2. The van der Waals surface area contributed by atoms with Crippen LogP contribution in [0.25, 0.3) is 0 Å². The first-order chi connectivity index (χ1) is 19.1. The summed E-state index contributed by atoms with van der Waals surface area (Å²) in [4.78, 5) is 60.7. The minimum Gasteiger partial charge on any atom is -1.00 e. The number of amides is 4. The number of nitrogens with zero attached hydrogens (tertiary/aromatic N) is 3. The van der Waals surface area contributed by atoms with E-state index in [1.807, 2.05) is 6.08 Å². The van der Waals surface area contributed by atoms with Gasteiger partial charge in [-0.25, -0.2) is 9.59 Å². The third kappa shape index (κ3) is 15.0. The van der Waals surface area contributed by atoms with E-state index in [-0.39, 0.29) is 24.3 Å². The molecule has 0 aromatic carbocycles. The number of H-pyrrole nitrogens is 2. The normalized spacial score (nSPS) is 10.8. The second-order valence-electron chi connectivity index (χ2n) is 10.3. The van der Waals surface area contributed by atoms with Gasteiger partial charge in [0.2, 0.25) is 11.9 Å². The van der Waals surface area contributed by atoms with Crippen molar-refractivity contribution in [2.24, 2.45) is 0 Å². The summed E-state index contributed by atoms with van der Waals surface area (Å²) >= 11 is 0. The predicted molar refractivity (Wildman–Crippen MR) is 157 cm³/mol. The van der Waals surface area contributed by atoms with Gasteiger partial charge in [0, 0.05) is 49.5 Å². The lowest BCUT2D eigenvalue weighted by atomic mass is 10.1. The topological polar surface area (TPSA) is 174 Å². The molecule has 0 atom stereocenters. The monoisotopic (exact) mass is 593 g/mol. The van der Waals surface area contributed by atoms with Crippen molar-refractivity contribution in [3.8, 4) is 0 Å². The van der Waals surface area contributed by atoms with E-state index in [0.717, 1.165) is 62.6 Å². The number of carbonyl (C=O) groups excluding carboxylic acids is 2. The average Bonchev–Trinajstić information content (AvgIpc) is 2.85. The molecule has 0 aliphatic heterocycles. The molecule has 14 heteroatoms. The minimum absolute atomic E-state index is 0. The minimum atomic E-state index is -0.426. The zero-order chi connectivity index (χ0) is 29.4. The van der Waals surface area contributed by atoms with Crippen molar-refractivity contribution >= 4 is 24.0 Å². The molecule has 0 saturated carbocycles. The molecule has 13 nitrogen and oxygen atoms in total. The van der Waals surface area contributed by atoms with Crippen LogP contribution in [0.15, 0.2) is 34.4 Å². The van der Waals surface area contributed by atoms with E-state index in [0.29, 0.717) is 24.5 Å². The highest BCUT2D eigenvalue weighted by molar-refractivity contribution is 5.87. The number of aromatic nitrogens is 4. The smallest absolute Gasteiger partial charge is 0.321 e. The van der Waals surface area contributed by atoms with Gasteiger partial charge in [0.1, 0.15) is 0 Å². The number of halogens is 1. The molecule has 6 N–H and O–H groups in total. The Morgan fingerprint density at radius 3 is 1.68 bits per heavy atom. The Bertz CT molecular complexity index is 1150. The lowest BCUT2D eigenvalue weighted by Gasteiger charge is -2.35. The Balaban J connectivity index is 0.00000840. The summed E-state index contributed by atoms with van der Waals surface area (Å²) in [7, 11) is 2.20. The van der Waals surface area contributed by atoms with Crippen LogP contribution < -0.4 is 44.8 Å². The van der Waals surface area contributed by atoms with E-state index < -0.39 is 23.2 Å². The number of aromatic amines is 2. The fourth-order valence-electron chi connectivity index (χ4n) is 4.38. The largest absolute Gasteiger partial charge is 1.00 e. The molecule has 4 amide bonds. The maximum Gasteiger partial charge on any atom is 0.321 e. The number of hydrogen-bond donors (Lipinski definition) is 6. The second kappa shape index (κ2) is 18.6. The molecule has 2 heterocycles. The second-order valence-corrected chi connectivity index (χ2v) is 10.3. The zero-order valence-corrected chi connectivity index (χ0v) is 25.0. The summed E-state index contributed by atoms with van der Waals surface area (Å²) in [6.07, 6.45) is 9.06. The van der Waals surface area contributed by atoms with Crippen molar-refractivity contribution in [1.29, 1.82) is 0 Å². The number of hydrogen-bond acceptors (Lipinski definition) is 6. The standard InChI is InChI=1S/C27H43N9O4.ClH/c1-5-6-7-8-9-10-15-36(4,16-11-13-28-26(39)34-24-30-20(2)18-22(37)32-24)17-12-14-29-27(40)35-25-31-21(3)19-23(38)33-25;/h5,18-19H,1,6-17H2,2-4H3,(H5-,28,29,30,31,32,33,34,35,37,38,39,40);1H. The van der Waals surface area contributed by atoms with E-state index in [2.05, 4.69) is 54.8 Å². The number of quaternary nitrogens is 1. The first-order valence-electron chi connectivity index (χ1n) is 13.8. The van der Waals surface area contributed by atoms with Crippen LogP contribution in [0.1, 0.15) is 56.3 Å². The number of allylic oxidation sites excluding steroid dienone is 1.